The Labute approximate surface area is 136 Å². The van der Waals surface area contributed by atoms with Crippen LogP contribution in [0.3, 0.4) is 0 Å². The smallest absolute Gasteiger partial charge is 0.214 e. The van der Waals surface area contributed by atoms with Crippen molar-refractivity contribution in [3.63, 3.8) is 0 Å². The predicted molar refractivity (Wildman–Crippen MR) is 92.3 cm³/mol. The van der Waals surface area contributed by atoms with Crippen molar-refractivity contribution in [1.82, 2.24) is 19.6 Å². The fourth-order valence-corrected chi connectivity index (χ4v) is 3.02. The first kappa shape index (κ1) is 13.7. The highest BCUT2D eigenvalue weighted by Crippen LogP contribution is 2.25. The molecule has 0 spiro atoms. The van der Waals surface area contributed by atoms with Crippen LogP contribution in [0, 0.1) is 0 Å². The molecule has 0 atom stereocenters. The standard InChI is InChI=1S/C16H14N6S/c17-13-5-3-12(4-6-13)14-10-22-16(20-14)23-15(21-22)19-9-11-2-1-7-18-8-11/h1-8,10H,9,17H2,(H,19,21). The summed E-state index contributed by atoms with van der Waals surface area (Å²) in [6.07, 6.45) is 5.53. The van der Waals surface area contributed by atoms with Gasteiger partial charge in [-0.25, -0.2) is 9.50 Å². The lowest BCUT2D eigenvalue weighted by atomic mass is 10.1. The van der Waals surface area contributed by atoms with E-state index in [1.807, 2.05) is 48.8 Å². The Balaban J connectivity index is 1.53. The summed E-state index contributed by atoms with van der Waals surface area (Å²) in [6, 6.07) is 11.6. The summed E-state index contributed by atoms with van der Waals surface area (Å²) >= 11 is 1.52. The zero-order valence-corrected chi connectivity index (χ0v) is 13.0. The molecule has 114 valence electrons. The number of nitrogens with zero attached hydrogens (tertiary/aromatic N) is 4. The van der Waals surface area contributed by atoms with Gasteiger partial charge in [0.15, 0.2) is 0 Å². The first-order chi connectivity index (χ1) is 11.3. The number of hydrogen-bond donors (Lipinski definition) is 2. The molecule has 3 N–H and O–H groups in total. The maximum absolute atomic E-state index is 5.71. The van der Waals surface area contributed by atoms with Crippen molar-refractivity contribution in [3.05, 3.63) is 60.6 Å². The van der Waals surface area contributed by atoms with Gasteiger partial charge in [-0.05, 0) is 23.8 Å². The molecule has 4 aromatic rings. The van der Waals surface area contributed by atoms with E-state index in [0.29, 0.717) is 6.54 Å². The van der Waals surface area contributed by atoms with Crippen LogP contribution in [0.5, 0.6) is 0 Å². The summed E-state index contributed by atoms with van der Waals surface area (Å²) in [5, 5.41) is 8.63. The molecule has 1 aromatic carbocycles. The fraction of sp³-hybridized carbons (Fsp3) is 0.0625. The number of anilines is 2. The lowest BCUT2D eigenvalue weighted by Gasteiger charge is -2.00. The number of nitrogens with two attached hydrogens (primary N) is 1. The number of pyridine rings is 1. The molecular weight excluding hydrogens is 308 g/mol. The highest BCUT2D eigenvalue weighted by molar-refractivity contribution is 7.20. The van der Waals surface area contributed by atoms with Gasteiger partial charge in [-0.15, -0.1) is 5.10 Å². The molecular formula is C16H14N6S. The summed E-state index contributed by atoms with van der Waals surface area (Å²) in [5.41, 5.74) is 9.49. The second-order valence-corrected chi connectivity index (χ2v) is 6.05. The van der Waals surface area contributed by atoms with Crippen molar-refractivity contribution >= 4 is 27.1 Å². The second-order valence-electron chi connectivity index (χ2n) is 5.10. The van der Waals surface area contributed by atoms with Gasteiger partial charge < -0.3 is 11.1 Å². The van der Waals surface area contributed by atoms with E-state index in [-0.39, 0.29) is 0 Å². The number of imidazole rings is 1. The van der Waals surface area contributed by atoms with Crippen LogP contribution in [0.15, 0.2) is 55.0 Å². The molecule has 0 saturated carbocycles. The van der Waals surface area contributed by atoms with Crippen LogP contribution in [0.1, 0.15) is 5.56 Å². The van der Waals surface area contributed by atoms with E-state index < -0.39 is 0 Å². The lowest BCUT2D eigenvalue weighted by Crippen LogP contribution is -1.99. The molecule has 0 bridgehead atoms. The van der Waals surface area contributed by atoms with Crippen molar-refractivity contribution in [1.29, 1.82) is 0 Å². The SMILES string of the molecule is Nc1ccc(-c2cn3nc(NCc4cccnc4)sc3n2)cc1. The van der Waals surface area contributed by atoms with Crippen molar-refractivity contribution in [2.75, 3.05) is 11.1 Å². The van der Waals surface area contributed by atoms with Crippen molar-refractivity contribution in [2.24, 2.45) is 0 Å². The van der Waals surface area contributed by atoms with Gasteiger partial charge >= 0.3 is 0 Å². The summed E-state index contributed by atoms with van der Waals surface area (Å²) < 4.78 is 1.79. The average Bonchev–Trinajstić information content (AvgIpc) is 3.13. The molecule has 7 heteroatoms. The van der Waals surface area contributed by atoms with E-state index in [0.717, 1.165) is 32.6 Å². The summed E-state index contributed by atoms with van der Waals surface area (Å²) in [4.78, 5) is 9.56. The number of aromatic nitrogens is 4. The van der Waals surface area contributed by atoms with Crippen molar-refractivity contribution in [2.45, 2.75) is 6.54 Å². The van der Waals surface area contributed by atoms with Gasteiger partial charge in [0.25, 0.3) is 0 Å². The van der Waals surface area contributed by atoms with Gasteiger partial charge in [-0.3, -0.25) is 4.98 Å². The molecule has 0 unspecified atom stereocenters. The highest BCUT2D eigenvalue weighted by atomic mass is 32.1. The number of benzene rings is 1. The van der Waals surface area contributed by atoms with E-state index in [4.69, 9.17) is 5.73 Å². The molecule has 3 heterocycles. The third kappa shape index (κ3) is 2.86. The third-order valence-electron chi connectivity index (χ3n) is 3.42. The minimum Gasteiger partial charge on any atom is -0.399 e. The minimum atomic E-state index is 0.690. The summed E-state index contributed by atoms with van der Waals surface area (Å²) in [6.45, 7) is 0.690. The number of nitrogens with one attached hydrogen (secondary N) is 1. The van der Waals surface area contributed by atoms with E-state index in [2.05, 4.69) is 20.4 Å². The van der Waals surface area contributed by atoms with Gasteiger partial charge in [0, 0.05) is 30.2 Å². The van der Waals surface area contributed by atoms with Crippen LogP contribution in [0.4, 0.5) is 10.8 Å². The topological polar surface area (TPSA) is 81.1 Å². The van der Waals surface area contributed by atoms with Crippen LogP contribution in [-0.4, -0.2) is 19.6 Å². The van der Waals surface area contributed by atoms with Crippen LogP contribution < -0.4 is 11.1 Å². The zero-order chi connectivity index (χ0) is 15.6. The Morgan fingerprint density at radius 2 is 2.04 bits per heavy atom. The largest absolute Gasteiger partial charge is 0.399 e. The van der Waals surface area contributed by atoms with E-state index in [9.17, 15) is 0 Å². The van der Waals surface area contributed by atoms with Crippen LogP contribution in [0.2, 0.25) is 0 Å². The van der Waals surface area contributed by atoms with Gasteiger partial charge in [0.2, 0.25) is 10.1 Å². The van der Waals surface area contributed by atoms with E-state index >= 15 is 0 Å². The van der Waals surface area contributed by atoms with Gasteiger partial charge in [0.1, 0.15) is 0 Å². The Morgan fingerprint density at radius 3 is 2.78 bits per heavy atom. The number of hydrogen-bond acceptors (Lipinski definition) is 6. The molecule has 6 nitrogen and oxygen atoms in total. The lowest BCUT2D eigenvalue weighted by molar-refractivity contribution is 0.961. The highest BCUT2D eigenvalue weighted by Gasteiger charge is 2.09. The molecule has 0 aliphatic heterocycles. The Bertz CT molecular complexity index is 895. The molecule has 4 rings (SSSR count). The first-order valence-electron chi connectivity index (χ1n) is 7.13. The van der Waals surface area contributed by atoms with Crippen LogP contribution >= 0.6 is 11.3 Å². The van der Waals surface area contributed by atoms with E-state index in [1.165, 1.54) is 11.3 Å². The molecule has 0 saturated heterocycles. The minimum absolute atomic E-state index is 0.690. The Kier molecular flexibility index (Phi) is 3.39. The fourth-order valence-electron chi connectivity index (χ4n) is 2.24. The quantitative estimate of drug-likeness (QED) is 0.564. The monoisotopic (exact) mass is 322 g/mol. The average molecular weight is 322 g/mol. The van der Waals surface area contributed by atoms with Gasteiger partial charge in [-0.1, -0.05) is 29.5 Å². The normalized spacial score (nSPS) is 11.0. The van der Waals surface area contributed by atoms with E-state index in [1.54, 1.807) is 10.7 Å². The zero-order valence-electron chi connectivity index (χ0n) is 12.2. The number of nitrogen functional groups attached to an aromatic ring is 1. The Hall–Kier alpha value is -2.93. The predicted octanol–water partition coefficient (Wildman–Crippen LogP) is 3.05. The summed E-state index contributed by atoms with van der Waals surface area (Å²) in [7, 11) is 0. The van der Waals surface area contributed by atoms with Crippen molar-refractivity contribution in [3.8, 4) is 11.3 Å². The van der Waals surface area contributed by atoms with Gasteiger partial charge in [0.05, 0.1) is 11.9 Å². The molecule has 3 aromatic heterocycles. The summed E-state index contributed by atoms with van der Waals surface area (Å²) in [5.74, 6) is 0. The molecule has 0 amide bonds. The maximum atomic E-state index is 5.71. The third-order valence-corrected chi connectivity index (χ3v) is 4.30. The number of rotatable bonds is 4. The molecule has 0 aliphatic carbocycles. The van der Waals surface area contributed by atoms with Crippen LogP contribution in [0.25, 0.3) is 16.2 Å². The molecule has 23 heavy (non-hydrogen) atoms. The molecule has 0 aliphatic rings. The first-order valence-corrected chi connectivity index (χ1v) is 7.94. The molecule has 0 radical (unpaired) electrons. The second kappa shape index (κ2) is 5.69. The van der Waals surface area contributed by atoms with Gasteiger partial charge in [-0.2, -0.15) is 0 Å². The maximum Gasteiger partial charge on any atom is 0.214 e. The molecule has 0 fully saturated rings. The number of fused-ring (bicyclic) bond motifs is 1. The van der Waals surface area contributed by atoms with Crippen LogP contribution in [-0.2, 0) is 6.54 Å². The van der Waals surface area contributed by atoms with Crippen molar-refractivity contribution < 1.29 is 0 Å². The Morgan fingerprint density at radius 1 is 1.17 bits per heavy atom.